The molecule has 2 aromatic heterocycles. The summed E-state index contributed by atoms with van der Waals surface area (Å²) in [6.45, 7) is 1.99. The van der Waals surface area contributed by atoms with Gasteiger partial charge in [-0.15, -0.1) is 0 Å². The Morgan fingerprint density at radius 1 is 1.30 bits per heavy atom. The first-order chi connectivity index (χ1) is 13.1. The van der Waals surface area contributed by atoms with Crippen LogP contribution in [0.5, 0.6) is 0 Å². The number of halogens is 1. The number of nitrogens with zero attached hydrogens (tertiary/aromatic N) is 2. The van der Waals surface area contributed by atoms with Gasteiger partial charge in [-0.2, -0.15) is 0 Å². The number of oxazole rings is 1. The molecule has 2 heterocycles. The molecule has 1 atom stereocenters. The van der Waals surface area contributed by atoms with Crippen molar-refractivity contribution in [2.75, 3.05) is 0 Å². The maximum Gasteiger partial charge on any atom is 0.223 e. The van der Waals surface area contributed by atoms with Gasteiger partial charge in [0.1, 0.15) is 11.6 Å². The molecule has 1 fully saturated rings. The minimum atomic E-state index is -0.296. The maximum absolute atomic E-state index is 13.0. The lowest BCUT2D eigenvalue weighted by molar-refractivity contribution is -0.134. The van der Waals surface area contributed by atoms with Gasteiger partial charge in [0.15, 0.2) is 11.7 Å². The lowest BCUT2D eigenvalue weighted by Crippen LogP contribution is -2.35. The monoisotopic (exact) mass is 368 g/mol. The fraction of sp³-hybridized carbons (Fsp3) is 0.333. The Morgan fingerprint density at radius 3 is 2.74 bits per heavy atom. The molecule has 6 heteroatoms. The zero-order chi connectivity index (χ0) is 18.8. The van der Waals surface area contributed by atoms with E-state index in [4.69, 9.17) is 8.83 Å². The molecule has 0 radical (unpaired) electrons. The molecule has 1 aromatic carbocycles. The molecule has 1 aliphatic rings. The lowest BCUT2D eigenvalue weighted by Gasteiger charge is -2.28. The van der Waals surface area contributed by atoms with Crippen molar-refractivity contribution in [1.29, 1.82) is 0 Å². The molecule has 0 N–H and O–H groups in total. The average Bonchev–Trinajstić information content (AvgIpc) is 3.16. The highest BCUT2D eigenvalue weighted by Crippen LogP contribution is 2.35. The van der Waals surface area contributed by atoms with Gasteiger partial charge in [0.25, 0.3) is 0 Å². The van der Waals surface area contributed by atoms with Crippen LogP contribution in [0.1, 0.15) is 43.9 Å². The van der Waals surface area contributed by atoms with E-state index in [0.29, 0.717) is 24.5 Å². The first-order valence-electron chi connectivity index (χ1n) is 9.17. The van der Waals surface area contributed by atoms with Crippen molar-refractivity contribution in [1.82, 2.24) is 9.88 Å². The number of aromatic nitrogens is 1. The number of hydrogen-bond donors (Lipinski definition) is 0. The number of carbonyl (C=O) groups excluding carboxylic acids is 1. The molecule has 0 spiro atoms. The first kappa shape index (κ1) is 17.5. The molecule has 1 unspecified atom stereocenters. The third-order valence-corrected chi connectivity index (χ3v) is 4.84. The number of furan rings is 1. The molecule has 0 aliphatic heterocycles. The van der Waals surface area contributed by atoms with Crippen LogP contribution in [0.3, 0.4) is 0 Å². The molecule has 1 amide bonds. The molecule has 27 heavy (non-hydrogen) atoms. The van der Waals surface area contributed by atoms with Crippen molar-refractivity contribution >= 4 is 5.91 Å². The first-order valence-corrected chi connectivity index (χ1v) is 9.17. The van der Waals surface area contributed by atoms with Gasteiger partial charge in [0.2, 0.25) is 5.91 Å². The summed E-state index contributed by atoms with van der Waals surface area (Å²) >= 11 is 0. The third-order valence-electron chi connectivity index (χ3n) is 4.84. The zero-order valence-electron chi connectivity index (χ0n) is 15.1. The Hall–Kier alpha value is -2.89. The van der Waals surface area contributed by atoms with E-state index in [0.717, 1.165) is 24.2 Å². The highest BCUT2D eigenvalue weighted by Gasteiger charge is 2.36. The van der Waals surface area contributed by atoms with Crippen LogP contribution in [0.25, 0.3) is 11.3 Å². The van der Waals surface area contributed by atoms with E-state index in [2.05, 4.69) is 4.98 Å². The van der Waals surface area contributed by atoms with Crippen LogP contribution >= 0.6 is 0 Å². The fourth-order valence-electron chi connectivity index (χ4n) is 3.27. The number of amides is 1. The van der Waals surface area contributed by atoms with E-state index in [1.54, 1.807) is 24.6 Å². The topological polar surface area (TPSA) is 59.5 Å². The van der Waals surface area contributed by atoms with E-state index in [9.17, 15) is 9.18 Å². The van der Waals surface area contributed by atoms with Crippen LogP contribution in [0.15, 0.2) is 57.7 Å². The third kappa shape index (κ3) is 3.94. The predicted octanol–water partition coefficient (Wildman–Crippen LogP) is 4.76. The summed E-state index contributed by atoms with van der Waals surface area (Å²) in [5, 5.41) is 0. The molecule has 3 aromatic rings. The Labute approximate surface area is 156 Å². The van der Waals surface area contributed by atoms with E-state index < -0.39 is 0 Å². The van der Waals surface area contributed by atoms with Crippen LogP contribution in [0.2, 0.25) is 0 Å². The van der Waals surface area contributed by atoms with E-state index in [1.165, 1.54) is 12.1 Å². The number of aryl methyl sites for hydroxylation is 1. The minimum Gasteiger partial charge on any atom is -0.467 e. The normalized spacial score (nSPS) is 14.9. The SMILES string of the molecule is CC(c1ccco1)N(C(=O)CCc1ncc(-c2ccc(F)cc2)o1)C1CC1. The molecule has 4 rings (SSSR count). The van der Waals surface area contributed by atoms with Gasteiger partial charge in [-0.3, -0.25) is 4.79 Å². The second-order valence-corrected chi connectivity index (χ2v) is 6.85. The Morgan fingerprint density at radius 2 is 2.07 bits per heavy atom. The predicted molar refractivity (Wildman–Crippen MR) is 97.2 cm³/mol. The minimum absolute atomic E-state index is 0.0722. The number of rotatable bonds is 7. The van der Waals surface area contributed by atoms with Gasteiger partial charge in [0.05, 0.1) is 18.5 Å². The summed E-state index contributed by atoms with van der Waals surface area (Å²) in [7, 11) is 0. The molecular weight excluding hydrogens is 347 g/mol. The van der Waals surface area contributed by atoms with Crippen molar-refractivity contribution in [2.24, 2.45) is 0 Å². The van der Waals surface area contributed by atoms with Crippen molar-refractivity contribution < 1.29 is 18.0 Å². The van der Waals surface area contributed by atoms with Crippen molar-refractivity contribution in [2.45, 2.75) is 44.7 Å². The van der Waals surface area contributed by atoms with Gasteiger partial charge >= 0.3 is 0 Å². The number of hydrogen-bond acceptors (Lipinski definition) is 4. The molecule has 140 valence electrons. The molecule has 0 bridgehead atoms. The van der Waals surface area contributed by atoms with Gasteiger partial charge in [-0.05, 0) is 56.2 Å². The summed E-state index contributed by atoms with van der Waals surface area (Å²) in [6.07, 6.45) is 6.05. The average molecular weight is 368 g/mol. The van der Waals surface area contributed by atoms with Crippen molar-refractivity contribution in [3.63, 3.8) is 0 Å². The summed E-state index contributed by atoms with van der Waals surface area (Å²) < 4.78 is 24.2. The summed E-state index contributed by atoms with van der Waals surface area (Å²) in [5.41, 5.74) is 0.757. The zero-order valence-corrected chi connectivity index (χ0v) is 15.1. The van der Waals surface area contributed by atoms with Gasteiger partial charge in [0, 0.05) is 24.4 Å². The smallest absolute Gasteiger partial charge is 0.223 e. The van der Waals surface area contributed by atoms with Crippen LogP contribution in [0, 0.1) is 5.82 Å². The Bertz CT molecular complexity index is 898. The standard InChI is InChI=1S/C21H21FN2O3/c1-14(18-3-2-12-26-18)24(17-8-9-17)21(25)11-10-20-23-13-19(27-20)15-4-6-16(22)7-5-15/h2-7,12-14,17H,8-11H2,1H3. The van der Waals surface area contributed by atoms with Crippen LogP contribution in [-0.4, -0.2) is 21.8 Å². The molecule has 1 saturated carbocycles. The highest BCUT2D eigenvalue weighted by molar-refractivity contribution is 5.77. The van der Waals surface area contributed by atoms with Crippen LogP contribution in [0.4, 0.5) is 4.39 Å². The van der Waals surface area contributed by atoms with Gasteiger partial charge in [-0.1, -0.05) is 0 Å². The summed E-state index contributed by atoms with van der Waals surface area (Å²) in [6, 6.07) is 9.99. The highest BCUT2D eigenvalue weighted by atomic mass is 19.1. The van der Waals surface area contributed by atoms with Crippen LogP contribution < -0.4 is 0 Å². The van der Waals surface area contributed by atoms with Crippen LogP contribution in [-0.2, 0) is 11.2 Å². The summed E-state index contributed by atoms with van der Waals surface area (Å²) in [4.78, 5) is 19.0. The van der Waals surface area contributed by atoms with E-state index >= 15 is 0 Å². The Kier molecular flexibility index (Phi) is 4.79. The number of carbonyl (C=O) groups is 1. The van der Waals surface area contributed by atoms with Crippen molar-refractivity contribution in [3.8, 4) is 11.3 Å². The molecule has 1 aliphatic carbocycles. The number of benzene rings is 1. The Balaban J connectivity index is 1.40. The van der Waals surface area contributed by atoms with Crippen molar-refractivity contribution in [3.05, 3.63) is 66.3 Å². The van der Waals surface area contributed by atoms with E-state index in [1.807, 2.05) is 24.0 Å². The molecule has 0 saturated heterocycles. The van der Waals surface area contributed by atoms with E-state index in [-0.39, 0.29) is 23.8 Å². The van der Waals surface area contributed by atoms with Gasteiger partial charge in [-0.25, -0.2) is 9.37 Å². The maximum atomic E-state index is 13.0. The lowest BCUT2D eigenvalue weighted by atomic mass is 10.1. The molecular formula is C21H21FN2O3. The quantitative estimate of drug-likeness (QED) is 0.603. The second-order valence-electron chi connectivity index (χ2n) is 6.85. The second kappa shape index (κ2) is 7.39. The molecule has 5 nitrogen and oxygen atoms in total. The largest absolute Gasteiger partial charge is 0.467 e. The summed E-state index contributed by atoms with van der Waals surface area (Å²) in [5.74, 6) is 1.65. The van der Waals surface area contributed by atoms with Gasteiger partial charge < -0.3 is 13.7 Å². The fourth-order valence-corrected chi connectivity index (χ4v) is 3.27.